The molecule has 4 aromatic rings. The van der Waals surface area contributed by atoms with Gasteiger partial charge in [-0.15, -0.1) is 0 Å². The number of amides is 2. The number of halogens is 1. The Morgan fingerprint density at radius 3 is 1.44 bits per heavy atom. The molecular weight excluding hydrogens is 781 g/mol. The molecule has 4 aromatic carbocycles. The number of benzene rings is 4. The number of carbonyl (C=O) groups excluding carboxylic acids is 2. The van der Waals surface area contributed by atoms with E-state index in [2.05, 4.69) is 65.9 Å². The van der Waals surface area contributed by atoms with Crippen LogP contribution >= 0.6 is 22.6 Å². The Labute approximate surface area is 338 Å². The van der Waals surface area contributed by atoms with Crippen molar-refractivity contribution in [3.05, 3.63) is 141 Å². The second-order valence-corrected chi connectivity index (χ2v) is 15.9. The van der Waals surface area contributed by atoms with Crippen molar-refractivity contribution in [2.24, 2.45) is 0 Å². The molecule has 0 saturated carbocycles. The van der Waals surface area contributed by atoms with Crippen LogP contribution in [-0.2, 0) is 15.1 Å². The average molecular weight is 842 g/mol. The molecule has 2 amide bonds. The van der Waals surface area contributed by atoms with Crippen LogP contribution in [0.15, 0.2) is 109 Å². The van der Waals surface area contributed by atoms with Crippen molar-refractivity contribution < 1.29 is 19.1 Å². The maximum Gasteiger partial charge on any atom is 0.261 e. The molecule has 1 heterocycles. The summed E-state index contributed by atoms with van der Waals surface area (Å²) in [4.78, 5) is 29.0. The molecule has 6 heteroatoms. The van der Waals surface area contributed by atoms with Crippen LogP contribution in [0.2, 0.25) is 0 Å². The first-order valence-electron chi connectivity index (χ1n) is 20.6. The molecule has 0 N–H and O–H groups in total. The normalized spacial score (nSPS) is 13.4. The summed E-state index contributed by atoms with van der Waals surface area (Å²) >= 11 is 2.38. The molecule has 1 atom stereocenters. The summed E-state index contributed by atoms with van der Waals surface area (Å²) in [6.45, 7) is 3.16. The lowest BCUT2D eigenvalue weighted by atomic mass is 9.80. The predicted octanol–water partition coefficient (Wildman–Crippen LogP) is 12.5. The molecule has 1 aliphatic rings. The third kappa shape index (κ3) is 11.4. The third-order valence-corrected chi connectivity index (χ3v) is 11.7. The maximum atomic E-state index is 13.8. The second kappa shape index (κ2) is 22.9. The molecule has 1 unspecified atom stereocenters. The number of hydrogen-bond donors (Lipinski definition) is 0. The highest BCUT2D eigenvalue weighted by molar-refractivity contribution is 14.1. The first-order valence-corrected chi connectivity index (χ1v) is 21.7. The topological polar surface area (TPSA) is 55.8 Å². The molecule has 288 valence electrons. The standard InChI is InChI=1S/C48H60INO4/c1-2-3-4-5-6-7-8-9-10-11-12-13-14-15-16-27-36-53-37-41(50-46(51)42-32-23-24-33-43(42)47(50)52)38-54-48(39-28-19-17-20-29-39,40-30-21-18-22-31-40)44-34-25-26-35-45(44)49/h17-26,28-35,41H,2-16,27,36-38H2,1H3. The van der Waals surface area contributed by atoms with Crippen LogP contribution in [-0.4, -0.2) is 42.6 Å². The second-order valence-electron chi connectivity index (χ2n) is 14.8. The van der Waals surface area contributed by atoms with E-state index in [0.29, 0.717) is 17.7 Å². The number of hydrogen-bond acceptors (Lipinski definition) is 4. The van der Waals surface area contributed by atoms with E-state index in [4.69, 9.17) is 9.47 Å². The zero-order valence-electron chi connectivity index (χ0n) is 32.4. The van der Waals surface area contributed by atoms with Crippen molar-refractivity contribution in [2.75, 3.05) is 19.8 Å². The highest BCUT2D eigenvalue weighted by Crippen LogP contribution is 2.43. The SMILES string of the molecule is CCCCCCCCCCCCCCCCCCOCC(COC(c1ccccc1)(c1ccccc1)c1ccccc1I)N1C(=O)c2ccccc2C1=O. The van der Waals surface area contributed by atoms with E-state index in [0.717, 1.165) is 33.1 Å². The van der Waals surface area contributed by atoms with E-state index < -0.39 is 11.6 Å². The molecule has 0 spiro atoms. The van der Waals surface area contributed by atoms with Gasteiger partial charge in [-0.1, -0.05) is 194 Å². The van der Waals surface area contributed by atoms with E-state index >= 15 is 0 Å². The van der Waals surface area contributed by atoms with Crippen molar-refractivity contribution in [3.63, 3.8) is 0 Å². The van der Waals surface area contributed by atoms with Crippen LogP contribution in [0.5, 0.6) is 0 Å². The van der Waals surface area contributed by atoms with Gasteiger partial charge in [0.2, 0.25) is 0 Å². The van der Waals surface area contributed by atoms with Gasteiger partial charge in [-0.2, -0.15) is 0 Å². The van der Waals surface area contributed by atoms with Crippen LogP contribution in [0.3, 0.4) is 0 Å². The molecular formula is C48H60INO4. The lowest BCUT2D eigenvalue weighted by Gasteiger charge is -2.38. The molecule has 0 saturated heterocycles. The number of rotatable bonds is 26. The zero-order valence-corrected chi connectivity index (χ0v) is 34.5. The fourth-order valence-electron chi connectivity index (χ4n) is 7.74. The fraction of sp³-hybridized carbons (Fsp3) is 0.458. The Hall–Kier alpha value is -3.33. The summed E-state index contributed by atoms with van der Waals surface area (Å²) < 4.78 is 14.6. The average Bonchev–Trinajstić information content (AvgIpc) is 3.46. The van der Waals surface area contributed by atoms with Gasteiger partial charge in [0.15, 0.2) is 0 Å². The first-order chi connectivity index (χ1) is 26.6. The maximum absolute atomic E-state index is 13.8. The third-order valence-electron chi connectivity index (χ3n) is 10.7. The van der Waals surface area contributed by atoms with Gasteiger partial charge in [-0.25, -0.2) is 0 Å². The Bertz CT molecular complexity index is 1620. The van der Waals surface area contributed by atoms with Gasteiger partial charge >= 0.3 is 0 Å². The quantitative estimate of drug-likeness (QED) is 0.0273. The number of nitrogens with zero attached hydrogens (tertiary/aromatic N) is 1. The summed E-state index contributed by atoms with van der Waals surface area (Å²) in [7, 11) is 0. The minimum absolute atomic E-state index is 0.0964. The predicted molar refractivity (Wildman–Crippen MR) is 229 cm³/mol. The summed E-state index contributed by atoms with van der Waals surface area (Å²) in [6, 6.07) is 35.1. The van der Waals surface area contributed by atoms with Crippen molar-refractivity contribution >= 4 is 34.4 Å². The number of unbranched alkanes of at least 4 members (excludes halogenated alkanes) is 15. The largest absolute Gasteiger partial charge is 0.379 e. The molecule has 5 rings (SSSR count). The van der Waals surface area contributed by atoms with Crippen LogP contribution in [0.25, 0.3) is 0 Å². The lowest BCUT2D eigenvalue weighted by molar-refractivity contribution is -0.0363. The fourth-order valence-corrected chi connectivity index (χ4v) is 8.51. The van der Waals surface area contributed by atoms with E-state index in [1.807, 2.05) is 48.5 Å². The van der Waals surface area contributed by atoms with E-state index in [9.17, 15) is 9.59 Å². The Morgan fingerprint density at radius 2 is 0.963 bits per heavy atom. The van der Waals surface area contributed by atoms with Gasteiger partial charge in [0.25, 0.3) is 11.8 Å². The van der Waals surface area contributed by atoms with Crippen LogP contribution < -0.4 is 0 Å². The van der Waals surface area contributed by atoms with Crippen LogP contribution in [0.4, 0.5) is 0 Å². The van der Waals surface area contributed by atoms with Gasteiger partial charge in [-0.05, 0) is 58.3 Å². The minimum Gasteiger partial charge on any atom is -0.379 e. The van der Waals surface area contributed by atoms with Crippen molar-refractivity contribution in [1.29, 1.82) is 0 Å². The van der Waals surface area contributed by atoms with Gasteiger partial charge < -0.3 is 9.47 Å². The number of carbonyl (C=O) groups is 2. The lowest BCUT2D eigenvalue weighted by Crippen LogP contribution is -2.48. The monoisotopic (exact) mass is 841 g/mol. The highest BCUT2D eigenvalue weighted by Gasteiger charge is 2.44. The molecule has 0 aromatic heterocycles. The molecule has 5 nitrogen and oxygen atoms in total. The first kappa shape index (κ1) is 41.8. The van der Waals surface area contributed by atoms with E-state index in [1.165, 1.54) is 94.8 Å². The summed E-state index contributed by atoms with van der Waals surface area (Å²) in [6.07, 6.45) is 21.1. The van der Waals surface area contributed by atoms with Gasteiger partial charge in [0, 0.05) is 15.7 Å². The molecule has 0 aliphatic carbocycles. The summed E-state index contributed by atoms with van der Waals surface area (Å²) in [5.41, 5.74) is 2.80. The molecule has 0 fully saturated rings. The smallest absolute Gasteiger partial charge is 0.261 e. The Morgan fingerprint density at radius 1 is 0.537 bits per heavy atom. The highest BCUT2D eigenvalue weighted by atomic mass is 127. The molecule has 54 heavy (non-hydrogen) atoms. The molecule has 0 bridgehead atoms. The molecule has 0 radical (unpaired) electrons. The molecule has 1 aliphatic heterocycles. The minimum atomic E-state index is -0.995. The van der Waals surface area contributed by atoms with Crippen molar-refractivity contribution in [1.82, 2.24) is 4.90 Å². The summed E-state index contributed by atoms with van der Waals surface area (Å²) in [5.74, 6) is -0.593. The Balaban J connectivity index is 1.18. The number of imide groups is 1. The zero-order chi connectivity index (χ0) is 37.9. The van der Waals surface area contributed by atoms with E-state index in [1.54, 1.807) is 24.3 Å². The van der Waals surface area contributed by atoms with Crippen molar-refractivity contribution in [2.45, 2.75) is 121 Å². The van der Waals surface area contributed by atoms with Gasteiger partial charge in [-0.3, -0.25) is 14.5 Å². The van der Waals surface area contributed by atoms with Gasteiger partial charge in [0.05, 0.1) is 30.4 Å². The number of fused-ring (bicyclic) bond motifs is 1. The van der Waals surface area contributed by atoms with Crippen molar-refractivity contribution in [3.8, 4) is 0 Å². The van der Waals surface area contributed by atoms with Gasteiger partial charge in [0.1, 0.15) is 5.60 Å². The van der Waals surface area contributed by atoms with Crippen LogP contribution in [0, 0.1) is 3.57 Å². The number of ether oxygens (including phenoxy) is 2. The van der Waals surface area contributed by atoms with Crippen LogP contribution in [0.1, 0.15) is 147 Å². The Kier molecular flexibility index (Phi) is 17.7. The summed E-state index contributed by atoms with van der Waals surface area (Å²) in [5, 5.41) is 0. The van der Waals surface area contributed by atoms with E-state index in [-0.39, 0.29) is 25.0 Å².